The standard InChI is InChI=1S/C44H82N2O4/c1-5-7-9-11-13-15-17-19-21-23-25-27-29-31-33-35-38-49-42(41-48-40-37-46(3)4)43(44(45)47)50-39-36-34-32-30-28-26-24-22-20-18-16-14-12-10-8-6-2/h13-16,19-22,42-43H,5-12,17-18,23-41H2,1-4H3,(H2,45,47)/b15-13-,16-14-,21-19-,22-20-. The lowest BCUT2D eigenvalue weighted by Gasteiger charge is -2.25. The van der Waals surface area contributed by atoms with Crippen molar-refractivity contribution in [2.24, 2.45) is 5.73 Å². The molecule has 0 spiro atoms. The summed E-state index contributed by atoms with van der Waals surface area (Å²) in [6.45, 7) is 7.32. The van der Waals surface area contributed by atoms with Crippen LogP contribution in [0.1, 0.15) is 168 Å². The predicted molar refractivity (Wildman–Crippen MR) is 217 cm³/mol. The van der Waals surface area contributed by atoms with E-state index in [9.17, 15) is 4.79 Å². The number of primary amides is 1. The fourth-order valence-electron chi connectivity index (χ4n) is 5.67. The first-order valence-electron chi connectivity index (χ1n) is 20.9. The lowest BCUT2D eigenvalue weighted by atomic mass is 10.1. The first-order chi connectivity index (χ1) is 24.5. The van der Waals surface area contributed by atoms with E-state index in [4.69, 9.17) is 19.9 Å². The van der Waals surface area contributed by atoms with Gasteiger partial charge in [-0.25, -0.2) is 0 Å². The zero-order valence-corrected chi connectivity index (χ0v) is 33.4. The molecule has 0 bridgehead atoms. The van der Waals surface area contributed by atoms with Gasteiger partial charge in [-0.1, -0.05) is 140 Å². The quantitative estimate of drug-likeness (QED) is 0.0510. The van der Waals surface area contributed by atoms with Crippen LogP contribution in [0.3, 0.4) is 0 Å². The zero-order valence-electron chi connectivity index (χ0n) is 33.4. The van der Waals surface area contributed by atoms with Crippen LogP contribution in [0.2, 0.25) is 0 Å². The lowest BCUT2D eigenvalue weighted by molar-refractivity contribution is -0.148. The van der Waals surface area contributed by atoms with Crippen LogP contribution in [-0.4, -0.2) is 70.1 Å². The van der Waals surface area contributed by atoms with Gasteiger partial charge in [0.2, 0.25) is 5.91 Å². The number of rotatable bonds is 39. The van der Waals surface area contributed by atoms with E-state index in [1.54, 1.807) is 0 Å². The molecule has 50 heavy (non-hydrogen) atoms. The molecule has 0 fully saturated rings. The molecule has 0 saturated carbocycles. The minimum Gasteiger partial charge on any atom is -0.377 e. The fourth-order valence-corrected chi connectivity index (χ4v) is 5.67. The number of hydrogen-bond donors (Lipinski definition) is 1. The molecule has 0 saturated heterocycles. The number of allylic oxidation sites excluding steroid dienone is 8. The first-order valence-corrected chi connectivity index (χ1v) is 20.9. The minimum atomic E-state index is -0.781. The topological polar surface area (TPSA) is 74.0 Å². The second-order valence-corrected chi connectivity index (χ2v) is 14.1. The van der Waals surface area contributed by atoms with Crippen molar-refractivity contribution < 1.29 is 19.0 Å². The maximum Gasteiger partial charge on any atom is 0.249 e. The van der Waals surface area contributed by atoms with E-state index in [0.717, 1.165) is 45.1 Å². The number of nitrogens with zero attached hydrogens (tertiary/aromatic N) is 1. The number of unbranched alkanes of at least 4 members (excludes halogenated alkanes) is 18. The Morgan fingerprint density at radius 1 is 0.540 bits per heavy atom. The molecule has 0 aliphatic carbocycles. The van der Waals surface area contributed by atoms with Crippen LogP contribution in [0.5, 0.6) is 0 Å². The molecule has 0 heterocycles. The summed E-state index contributed by atoms with van der Waals surface area (Å²) in [7, 11) is 4.04. The Morgan fingerprint density at radius 2 is 0.940 bits per heavy atom. The number of ether oxygens (including phenoxy) is 3. The van der Waals surface area contributed by atoms with E-state index in [1.165, 1.54) is 116 Å². The van der Waals surface area contributed by atoms with Gasteiger partial charge in [0.1, 0.15) is 6.10 Å². The van der Waals surface area contributed by atoms with Gasteiger partial charge >= 0.3 is 0 Å². The van der Waals surface area contributed by atoms with Crippen LogP contribution in [0, 0.1) is 0 Å². The van der Waals surface area contributed by atoms with Crippen LogP contribution >= 0.6 is 0 Å². The summed E-state index contributed by atoms with van der Waals surface area (Å²) < 4.78 is 18.1. The number of hydrogen-bond acceptors (Lipinski definition) is 5. The van der Waals surface area contributed by atoms with Crippen molar-refractivity contribution in [1.29, 1.82) is 0 Å². The SMILES string of the molecule is CCCCC/C=C\C/C=C\CCCCCCCCOC(COCCN(C)C)C(OCCCCCCCC/C=C\C/C=C\CCCCC)C(N)=O. The molecule has 0 radical (unpaired) electrons. The minimum absolute atomic E-state index is 0.313. The number of nitrogens with two attached hydrogens (primary N) is 1. The summed E-state index contributed by atoms with van der Waals surface area (Å²) in [4.78, 5) is 14.5. The number of amides is 1. The van der Waals surface area contributed by atoms with Crippen LogP contribution in [0.15, 0.2) is 48.6 Å². The molecule has 292 valence electrons. The Morgan fingerprint density at radius 3 is 1.36 bits per heavy atom. The average molecular weight is 703 g/mol. The molecule has 2 unspecified atom stereocenters. The third-order valence-corrected chi connectivity index (χ3v) is 8.90. The highest BCUT2D eigenvalue weighted by atomic mass is 16.6. The van der Waals surface area contributed by atoms with E-state index in [2.05, 4.69) is 67.4 Å². The Labute approximate surface area is 310 Å². The molecule has 2 N–H and O–H groups in total. The van der Waals surface area contributed by atoms with Gasteiger partial charge in [0.15, 0.2) is 6.10 Å². The molecule has 0 rings (SSSR count). The van der Waals surface area contributed by atoms with E-state index >= 15 is 0 Å². The third-order valence-electron chi connectivity index (χ3n) is 8.90. The summed E-state index contributed by atoms with van der Waals surface area (Å²) in [6.07, 6.45) is 46.1. The number of carbonyl (C=O) groups excluding carboxylic acids is 1. The first kappa shape index (κ1) is 48.3. The molecule has 0 aliphatic heterocycles. The van der Waals surface area contributed by atoms with Crippen LogP contribution < -0.4 is 5.73 Å². The van der Waals surface area contributed by atoms with E-state index in [-0.39, 0.29) is 0 Å². The van der Waals surface area contributed by atoms with Gasteiger partial charge in [0, 0.05) is 19.8 Å². The predicted octanol–water partition coefficient (Wildman–Crippen LogP) is 11.4. The average Bonchev–Trinajstić information content (AvgIpc) is 3.10. The highest BCUT2D eigenvalue weighted by Crippen LogP contribution is 2.13. The van der Waals surface area contributed by atoms with Gasteiger partial charge in [0.25, 0.3) is 0 Å². The van der Waals surface area contributed by atoms with Gasteiger partial charge < -0.3 is 24.8 Å². The van der Waals surface area contributed by atoms with E-state index in [0.29, 0.717) is 26.4 Å². The van der Waals surface area contributed by atoms with Gasteiger partial charge in [0.05, 0.1) is 13.2 Å². The van der Waals surface area contributed by atoms with Gasteiger partial charge in [-0.2, -0.15) is 0 Å². The summed E-state index contributed by atoms with van der Waals surface area (Å²) in [6, 6.07) is 0. The van der Waals surface area contributed by atoms with Crippen molar-refractivity contribution in [3.8, 4) is 0 Å². The maximum absolute atomic E-state index is 12.4. The summed E-state index contributed by atoms with van der Waals surface area (Å²) in [5.41, 5.74) is 5.80. The number of likely N-dealkylation sites (N-methyl/N-ethyl adjacent to an activating group) is 1. The van der Waals surface area contributed by atoms with Crippen LogP contribution in [0.4, 0.5) is 0 Å². The smallest absolute Gasteiger partial charge is 0.249 e. The van der Waals surface area contributed by atoms with Crippen molar-refractivity contribution >= 4 is 5.91 Å². The Hall–Kier alpha value is -1.73. The molecule has 1 amide bonds. The second kappa shape index (κ2) is 40.0. The maximum atomic E-state index is 12.4. The van der Waals surface area contributed by atoms with Crippen LogP contribution in [0.25, 0.3) is 0 Å². The van der Waals surface area contributed by atoms with Crippen LogP contribution in [-0.2, 0) is 19.0 Å². The van der Waals surface area contributed by atoms with E-state index in [1.807, 2.05) is 14.1 Å². The lowest BCUT2D eigenvalue weighted by Crippen LogP contribution is -2.45. The molecule has 2 atom stereocenters. The summed E-state index contributed by atoms with van der Waals surface area (Å²) >= 11 is 0. The molecule has 0 aromatic carbocycles. The Kier molecular flexibility index (Phi) is 38.7. The van der Waals surface area contributed by atoms with Crippen molar-refractivity contribution in [2.45, 2.75) is 180 Å². The van der Waals surface area contributed by atoms with Gasteiger partial charge in [-0.05, 0) is 91.1 Å². The normalized spacial score (nSPS) is 13.6. The van der Waals surface area contributed by atoms with Crippen molar-refractivity contribution in [3.05, 3.63) is 48.6 Å². The molecule has 0 aromatic heterocycles. The summed E-state index contributed by atoms with van der Waals surface area (Å²) in [5, 5.41) is 0. The van der Waals surface area contributed by atoms with Crippen molar-refractivity contribution in [2.75, 3.05) is 47.1 Å². The molecule has 0 aromatic rings. The van der Waals surface area contributed by atoms with Gasteiger partial charge in [-0.15, -0.1) is 0 Å². The molecule has 6 nitrogen and oxygen atoms in total. The number of carbonyl (C=O) groups is 1. The van der Waals surface area contributed by atoms with Crippen molar-refractivity contribution in [3.63, 3.8) is 0 Å². The Bertz CT molecular complexity index is 823. The molecule has 0 aliphatic rings. The largest absolute Gasteiger partial charge is 0.377 e. The van der Waals surface area contributed by atoms with Crippen molar-refractivity contribution in [1.82, 2.24) is 4.90 Å². The Balaban J connectivity index is 4.17. The van der Waals surface area contributed by atoms with Gasteiger partial charge in [-0.3, -0.25) is 4.79 Å². The molecule has 6 heteroatoms. The third kappa shape index (κ3) is 36.1. The second-order valence-electron chi connectivity index (χ2n) is 14.1. The molecular weight excluding hydrogens is 620 g/mol. The van der Waals surface area contributed by atoms with E-state index < -0.39 is 18.1 Å². The highest BCUT2D eigenvalue weighted by Gasteiger charge is 2.28. The molecular formula is C44H82N2O4. The monoisotopic (exact) mass is 703 g/mol. The zero-order chi connectivity index (χ0) is 36.6. The fraction of sp³-hybridized carbons (Fsp3) is 0.795. The highest BCUT2D eigenvalue weighted by molar-refractivity contribution is 5.79. The summed E-state index contributed by atoms with van der Waals surface area (Å²) in [5.74, 6) is -0.469.